The van der Waals surface area contributed by atoms with Gasteiger partial charge in [-0.3, -0.25) is 9.48 Å². The minimum Gasteiger partial charge on any atom is -0.462 e. The lowest BCUT2D eigenvalue weighted by molar-refractivity contribution is -0.143. The molecular weight excluding hydrogens is 488 g/mol. The summed E-state index contributed by atoms with van der Waals surface area (Å²) < 4.78 is 85.5. The van der Waals surface area contributed by atoms with E-state index in [-0.39, 0.29) is 16.8 Å². The lowest BCUT2D eigenvalue weighted by atomic mass is 9.98. The summed E-state index contributed by atoms with van der Waals surface area (Å²) in [6.07, 6.45) is -6.05. The Labute approximate surface area is 191 Å². The lowest BCUT2D eigenvalue weighted by Crippen LogP contribution is -2.17. The number of nitrogens with one attached hydrogen (secondary N) is 1. The molecule has 1 amide bonds. The molecule has 3 aromatic heterocycles. The Balaban J connectivity index is 1.55. The smallest absolute Gasteiger partial charge is 0.416 e. The number of carbonyl (C=O) groups excluding carboxylic acids is 1. The quantitative estimate of drug-likeness (QED) is 0.345. The molecule has 178 valence electrons. The SMILES string of the molecule is CC(c1ccc(C(F)(F)F)cc1C(F)(F)F)n1cc(NC(=O)c2nnc(-c3ccco3)s2)cn1. The number of carbonyl (C=O) groups is 1. The van der Waals surface area contributed by atoms with Gasteiger partial charge in [-0.2, -0.15) is 31.4 Å². The number of anilines is 1. The fraction of sp³-hybridized carbons (Fsp3) is 0.200. The van der Waals surface area contributed by atoms with Gasteiger partial charge < -0.3 is 9.73 Å². The summed E-state index contributed by atoms with van der Waals surface area (Å²) >= 11 is 0.964. The van der Waals surface area contributed by atoms with Crippen LogP contribution in [-0.2, 0) is 12.4 Å². The second-order valence-electron chi connectivity index (χ2n) is 7.03. The molecule has 0 saturated carbocycles. The number of furan rings is 1. The number of nitrogens with zero attached hydrogens (tertiary/aromatic N) is 4. The van der Waals surface area contributed by atoms with E-state index < -0.39 is 41.0 Å². The molecule has 0 bridgehead atoms. The average Bonchev–Trinajstić information content (AvgIpc) is 3.52. The van der Waals surface area contributed by atoms with Gasteiger partial charge in [0.25, 0.3) is 5.91 Å². The molecule has 0 aliphatic heterocycles. The normalized spacial score (nSPS) is 13.1. The highest BCUT2D eigenvalue weighted by atomic mass is 32.1. The molecule has 1 unspecified atom stereocenters. The first-order chi connectivity index (χ1) is 15.9. The molecular formula is C20H13F6N5O2S. The van der Waals surface area contributed by atoms with Gasteiger partial charge in [-0.1, -0.05) is 17.4 Å². The summed E-state index contributed by atoms with van der Waals surface area (Å²) in [5.74, 6) is -0.205. The van der Waals surface area contributed by atoms with Crippen molar-refractivity contribution in [2.45, 2.75) is 25.3 Å². The van der Waals surface area contributed by atoms with Crippen LogP contribution < -0.4 is 5.32 Å². The Morgan fingerprint density at radius 2 is 1.88 bits per heavy atom. The summed E-state index contributed by atoms with van der Waals surface area (Å²) in [6.45, 7) is 1.34. The summed E-state index contributed by atoms with van der Waals surface area (Å²) in [5.41, 5.74) is -3.09. The third kappa shape index (κ3) is 4.81. The van der Waals surface area contributed by atoms with Crippen LogP contribution in [0.4, 0.5) is 32.0 Å². The van der Waals surface area contributed by atoms with E-state index in [0.717, 1.165) is 22.1 Å². The molecule has 0 radical (unpaired) electrons. The van der Waals surface area contributed by atoms with Crippen LogP contribution in [-0.4, -0.2) is 25.9 Å². The topological polar surface area (TPSA) is 85.8 Å². The zero-order chi connectivity index (χ0) is 24.7. The Morgan fingerprint density at radius 1 is 1.12 bits per heavy atom. The Bertz CT molecular complexity index is 1310. The lowest BCUT2D eigenvalue weighted by Gasteiger charge is -2.20. The van der Waals surface area contributed by atoms with Gasteiger partial charge in [0.2, 0.25) is 5.01 Å². The molecule has 1 N–H and O–H groups in total. The first-order valence-corrected chi connectivity index (χ1v) is 10.3. The number of benzene rings is 1. The van der Waals surface area contributed by atoms with Gasteiger partial charge in [-0.25, -0.2) is 0 Å². The van der Waals surface area contributed by atoms with Crippen LogP contribution in [0, 0.1) is 0 Å². The second kappa shape index (κ2) is 8.59. The molecule has 0 aliphatic rings. The number of alkyl halides is 6. The van der Waals surface area contributed by atoms with Crippen molar-refractivity contribution < 1.29 is 35.6 Å². The van der Waals surface area contributed by atoms with E-state index in [1.807, 2.05) is 0 Å². The summed E-state index contributed by atoms with van der Waals surface area (Å²) in [7, 11) is 0. The molecule has 0 spiro atoms. The number of amides is 1. The van der Waals surface area contributed by atoms with Gasteiger partial charge in [0, 0.05) is 6.20 Å². The van der Waals surface area contributed by atoms with Gasteiger partial charge in [0.15, 0.2) is 10.8 Å². The zero-order valence-electron chi connectivity index (χ0n) is 17.0. The Kier molecular flexibility index (Phi) is 5.93. The minimum absolute atomic E-state index is 0.00861. The predicted octanol–water partition coefficient (Wildman–Crippen LogP) is 5.89. The van der Waals surface area contributed by atoms with Crippen molar-refractivity contribution in [3.05, 3.63) is 70.7 Å². The number of rotatable bonds is 5. The third-order valence-electron chi connectivity index (χ3n) is 4.74. The molecule has 7 nitrogen and oxygen atoms in total. The minimum atomic E-state index is -5.02. The third-order valence-corrected chi connectivity index (χ3v) is 5.68. The molecule has 4 rings (SSSR count). The molecule has 4 aromatic rings. The number of halogens is 6. The summed E-state index contributed by atoms with van der Waals surface area (Å²) in [6, 6.07) is 3.63. The van der Waals surface area contributed by atoms with E-state index in [0.29, 0.717) is 16.8 Å². The van der Waals surface area contributed by atoms with E-state index in [9.17, 15) is 31.1 Å². The van der Waals surface area contributed by atoms with Crippen molar-refractivity contribution >= 4 is 22.9 Å². The van der Waals surface area contributed by atoms with Crippen molar-refractivity contribution in [2.75, 3.05) is 5.32 Å². The van der Waals surface area contributed by atoms with E-state index in [4.69, 9.17) is 4.42 Å². The molecule has 0 saturated heterocycles. The highest BCUT2D eigenvalue weighted by Crippen LogP contribution is 2.39. The molecule has 0 fully saturated rings. The van der Waals surface area contributed by atoms with Gasteiger partial charge >= 0.3 is 12.4 Å². The maximum atomic E-state index is 13.5. The highest BCUT2D eigenvalue weighted by Gasteiger charge is 2.39. The van der Waals surface area contributed by atoms with Crippen LogP contribution in [0.15, 0.2) is 53.4 Å². The Morgan fingerprint density at radius 3 is 2.53 bits per heavy atom. The van der Waals surface area contributed by atoms with E-state index in [1.54, 1.807) is 12.1 Å². The van der Waals surface area contributed by atoms with Crippen molar-refractivity contribution in [1.29, 1.82) is 0 Å². The molecule has 34 heavy (non-hydrogen) atoms. The first kappa shape index (κ1) is 23.5. The van der Waals surface area contributed by atoms with Crippen LogP contribution in [0.1, 0.15) is 39.5 Å². The van der Waals surface area contributed by atoms with Crippen LogP contribution in [0.5, 0.6) is 0 Å². The van der Waals surface area contributed by atoms with E-state index >= 15 is 0 Å². The Hall–Kier alpha value is -3.68. The van der Waals surface area contributed by atoms with Gasteiger partial charge in [-0.15, -0.1) is 10.2 Å². The number of aromatic nitrogens is 4. The first-order valence-electron chi connectivity index (χ1n) is 9.44. The zero-order valence-corrected chi connectivity index (χ0v) is 17.8. The van der Waals surface area contributed by atoms with Crippen molar-refractivity contribution in [2.24, 2.45) is 0 Å². The van der Waals surface area contributed by atoms with Gasteiger partial charge in [0.05, 0.1) is 35.3 Å². The maximum Gasteiger partial charge on any atom is 0.416 e. The molecule has 14 heteroatoms. The summed E-state index contributed by atoms with van der Waals surface area (Å²) in [4.78, 5) is 12.4. The van der Waals surface area contributed by atoms with Crippen LogP contribution in [0.25, 0.3) is 10.8 Å². The van der Waals surface area contributed by atoms with E-state index in [2.05, 4.69) is 20.6 Å². The monoisotopic (exact) mass is 501 g/mol. The molecule has 1 aromatic carbocycles. The fourth-order valence-corrected chi connectivity index (χ4v) is 3.81. The number of hydrogen-bond donors (Lipinski definition) is 1. The predicted molar refractivity (Wildman–Crippen MR) is 108 cm³/mol. The van der Waals surface area contributed by atoms with Crippen LogP contribution in [0.3, 0.4) is 0 Å². The highest BCUT2D eigenvalue weighted by molar-refractivity contribution is 7.16. The van der Waals surface area contributed by atoms with Crippen LogP contribution >= 0.6 is 11.3 Å². The van der Waals surface area contributed by atoms with Gasteiger partial charge in [-0.05, 0) is 36.8 Å². The largest absolute Gasteiger partial charge is 0.462 e. The molecule has 3 heterocycles. The van der Waals surface area contributed by atoms with Crippen molar-refractivity contribution in [3.63, 3.8) is 0 Å². The molecule has 0 aliphatic carbocycles. The fourth-order valence-electron chi connectivity index (χ4n) is 3.10. The van der Waals surface area contributed by atoms with Gasteiger partial charge in [0.1, 0.15) is 0 Å². The number of hydrogen-bond acceptors (Lipinski definition) is 6. The van der Waals surface area contributed by atoms with E-state index in [1.165, 1.54) is 25.6 Å². The average molecular weight is 501 g/mol. The summed E-state index contributed by atoms with van der Waals surface area (Å²) in [5, 5.41) is 14.5. The van der Waals surface area contributed by atoms with Crippen molar-refractivity contribution in [1.82, 2.24) is 20.0 Å². The standard InChI is InChI=1S/C20H13F6N5O2S/c1-10(13-5-4-11(19(21,22)23)7-14(13)20(24,25)26)31-9-12(8-27-31)28-16(32)18-30-29-17(34-18)15-3-2-6-33-15/h2-10H,1H3,(H,28,32). The van der Waals surface area contributed by atoms with Crippen molar-refractivity contribution in [3.8, 4) is 10.8 Å². The van der Waals surface area contributed by atoms with Crippen LogP contribution in [0.2, 0.25) is 0 Å². The second-order valence-corrected chi connectivity index (χ2v) is 8.00. The maximum absolute atomic E-state index is 13.5. The molecule has 1 atom stereocenters.